The lowest BCUT2D eigenvalue weighted by Gasteiger charge is -2.04. The van der Waals surface area contributed by atoms with E-state index in [0.29, 0.717) is 0 Å². The SMILES string of the molecule is Cc1ccc(SC[C@H](C)N)cc1. The summed E-state index contributed by atoms with van der Waals surface area (Å²) in [5.74, 6) is 0.989. The highest BCUT2D eigenvalue weighted by atomic mass is 32.2. The Kier molecular flexibility index (Phi) is 3.63. The fraction of sp³-hybridized carbons (Fsp3) is 0.400. The minimum Gasteiger partial charge on any atom is -0.327 e. The lowest BCUT2D eigenvalue weighted by molar-refractivity contribution is 0.847. The standard InChI is InChI=1S/C10H15NS/c1-8-3-5-10(6-4-8)12-7-9(2)11/h3-6,9H,7,11H2,1-2H3/t9-/m0/s1. The van der Waals surface area contributed by atoms with Crippen LogP contribution in [-0.2, 0) is 0 Å². The number of benzene rings is 1. The van der Waals surface area contributed by atoms with Crippen LogP contribution >= 0.6 is 11.8 Å². The van der Waals surface area contributed by atoms with Crippen LogP contribution in [0.3, 0.4) is 0 Å². The Labute approximate surface area is 78.4 Å². The van der Waals surface area contributed by atoms with Gasteiger partial charge in [-0.25, -0.2) is 0 Å². The van der Waals surface area contributed by atoms with Gasteiger partial charge in [-0.3, -0.25) is 0 Å². The van der Waals surface area contributed by atoms with Gasteiger partial charge in [0.05, 0.1) is 0 Å². The molecule has 66 valence electrons. The molecule has 0 unspecified atom stereocenters. The molecule has 0 bridgehead atoms. The van der Waals surface area contributed by atoms with Crippen molar-refractivity contribution in [1.29, 1.82) is 0 Å². The zero-order valence-corrected chi connectivity index (χ0v) is 8.40. The molecule has 2 N–H and O–H groups in total. The number of rotatable bonds is 3. The molecule has 0 fully saturated rings. The third-order valence-corrected chi connectivity index (χ3v) is 2.83. The van der Waals surface area contributed by atoms with Crippen molar-refractivity contribution < 1.29 is 0 Å². The first kappa shape index (κ1) is 9.62. The van der Waals surface area contributed by atoms with Crippen LogP contribution in [0.25, 0.3) is 0 Å². The van der Waals surface area contributed by atoms with E-state index in [2.05, 4.69) is 31.2 Å². The summed E-state index contributed by atoms with van der Waals surface area (Å²) in [6, 6.07) is 8.81. The molecule has 0 radical (unpaired) electrons. The van der Waals surface area contributed by atoms with Gasteiger partial charge in [0.25, 0.3) is 0 Å². The van der Waals surface area contributed by atoms with Crippen LogP contribution in [0.15, 0.2) is 29.2 Å². The summed E-state index contributed by atoms with van der Waals surface area (Å²) in [7, 11) is 0. The number of hydrogen-bond donors (Lipinski definition) is 1. The average Bonchev–Trinajstić information content (AvgIpc) is 2.03. The lowest BCUT2D eigenvalue weighted by Crippen LogP contribution is -2.17. The fourth-order valence-corrected chi connectivity index (χ4v) is 1.65. The molecule has 0 aliphatic rings. The maximum absolute atomic E-state index is 5.65. The van der Waals surface area contributed by atoms with Gasteiger partial charge < -0.3 is 5.73 Å². The topological polar surface area (TPSA) is 26.0 Å². The minimum absolute atomic E-state index is 0.274. The molecule has 0 saturated heterocycles. The number of nitrogens with two attached hydrogens (primary N) is 1. The van der Waals surface area contributed by atoms with E-state index in [1.807, 2.05) is 18.7 Å². The first-order chi connectivity index (χ1) is 5.68. The second kappa shape index (κ2) is 4.53. The van der Waals surface area contributed by atoms with Gasteiger partial charge in [-0.05, 0) is 26.0 Å². The van der Waals surface area contributed by atoms with Gasteiger partial charge in [0.15, 0.2) is 0 Å². The molecule has 0 amide bonds. The Hall–Kier alpha value is -0.470. The monoisotopic (exact) mass is 181 g/mol. The van der Waals surface area contributed by atoms with Crippen molar-refractivity contribution in [1.82, 2.24) is 0 Å². The van der Waals surface area contributed by atoms with E-state index in [1.165, 1.54) is 10.5 Å². The second-order valence-corrected chi connectivity index (χ2v) is 4.19. The van der Waals surface area contributed by atoms with Gasteiger partial charge in [0.2, 0.25) is 0 Å². The molecule has 1 rings (SSSR count). The Morgan fingerprint density at radius 1 is 1.33 bits per heavy atom. The molecule has 0 aliphatic carbocycles. The van der Waals surface area contributed by atoms with Gasteiger partial charge >= 0.3 is 0 Å². The van der Waals surface area contributed by atoms with Crippen LogP contribution in [0.1, 0.15) is 12.5 Å². The number of thioether (sulfide) groups is 1. The maximum atomic E-state index is 5.65. The van der Waals surface area contributed by atoms with Crippen LogP contribution in [0, 0.1) is 6.92 Å². The summed E-state index contributed by atoms with van der Waals surface area (Å²) in [5, 5.41) is 0. The summed E-state index contributed by atoms with van der Waals surface area (Å²) in [5.41, 5.74) is 6.96. The van der Waals surface area contributed by atoms with Crippen molar-refractivity contribution in [3.8, 4) is 0 Å². The van der Waals surface area contributed by atoms with Crippen molar-refractivity contribution in [2.75, 3.05) is 5.75 Å². The first-order valence-corrected chi connectivity index (χ1v) is 5.12. The molecule has 1 nitrogen and oxygen atoms in total. The largest absolute Gasteiger partial charge is 0.327 e. The summed E-state index contributed by atoms with van der Waals surface area (Å²) >= 11 is 1.81. The number of aryl methyl sites for hydroxylation is 1. The fourth-order valence-electron chi connectivity index (χ4n) is 0.862. The summed E-state index contributed by atoms with van der Waals surface area (Å²) in [6.07, 6.45) is 0. The Morgan fingerprint density at radius 2 is 1.92 bits per heavy atom. The van der Waals surface area contributed by atoms with Gasteiger partial charge in [-0.15, -0.1) is 11.8 Å². The molecule has 1 aromatic carbocycles. The summed E-state index contributed by atoms with van der Waals surface area (Å²) in [4.78, 5) is 1.30. The van der Waals surface area contributed by atoms with Gasteiger partial charge in [-0.2, -0.15) is 0 Å². The van der Waals surface area contributed by atoms with Crippen LogP contribution < -0.4 is 5.73 Å². The molecular weight excluding hydrogens is 166 g/mol. The molecule has 12 heavy (non-hydrogen) atoms. The third-order valence-electron chi connectivity index (χ3n) is 1.53. The van der Waals surface area contributed by atoms with Crippen LogP contribution in [-0.4, -0.2) is 11.8 Å². The molecule has 0 spiro atoms. The van der Waals surface area contributed by atoms with E-state index in [1.54, 1.807) is 0 Å². The number of hydrogen-bond acceptors (Lipinski definition) is 2. The lowest BCUT2D eigenvalue weighted by atomic mass is 10.2. The van der Waals surface area contributed by atoms with E-state index < -0.39 is 0 Å². The Bertz CT molecular complexity index is 228. The third kappa shape index (κ3) is 3.28. The summed E-state index contributed by atoms with van der Waals surface area (Å²) < 4.78 is 0. The van der Waals surface area contributed by atoms with Crippen LogP contribution in [0.4, 0.5) is 0 Å². The summed E-state index contributed by atoms with van der Waals surface area (Å²) in [6.45, 7) is 4.13. The van der Waals surface area contributed by atoms with Crippen molar-refractivity contribution in [3.05, 3.63) is 29.8 Å². The maximum Gasteiger partial charge on any atom is 0.0129 e. The smallest absolute Gasteiger partial charge is 0.0129 e. The van der Waals surface area contributed by atoms with Crippen LogP contribution in [0.5, 0.6) is 0 Å². The van der Waals surface area contributed by atoms with E-state index in [0.717, 1.165) is 5.75 Å². The van der Waals surface area contributed by atoms with Crippen molar-refractivity contribution in [2.24, 2.45) is 5.73 Å². The molecular formula is C10H15NS. The molecule has 2 heteroatoms. The minimum atomic E-state index is 0.274. The first-order valence-electron chi connectivity index (χ1n) is 4.13. The zero-order valence-electron chi connectivity index (χ0n) is 7.58. The highest BCUT2D eigenvalue weighted by Crippen LogP contribution is 2.18. The van der Waals surface area contributed by atoms with Crippen LogP contribution in [0.2, 0.25) is 0 Å². The molecule has 0 aliphatic heterocycles. The molecule has 0 aromatic heterocycles. The molecule has 0 saturated carbocycles. The van der Waals surface area contributed by atoms with Gasteiger partial charge in [-0.1, -0.05) is 17.7 Å². The highest BCUT2D eigenvalue weighted by molar-refractivity contribution is 7.99. The zero-order chi connectivity index (χ0) is 8.97. The van der Waals surface area contributed by atoms with E-state index >= 15 is 0 Å². The van der Waals surface area contributed by atoms with Crippen molar-refractivity contribution in [3.63, 3.8) is 0 Å². The van der Waals surface area contributed by atoms with Gasteiger partial charge in [0, 0.05) is 16.7 Å². The van der Waals surface area contributed by atoms with Crippen molar-refractivity contribution in [2.45, 2.75) is 24.8 Å². The normalized spacial score (nSPS) is 12.9. The second-order valence-electron chi connectivity index (χ2n) is 3.10. The van der Waals surface area contributed by atoms with Crippen molar-refractivity contribution >= 4 is 11.8 Å². The highest BCUT2D eigenvalue weighted by Gasteiger charge is 1.96. The Balaban J connectivity index is 2.48. The van der Waals surface area contributed by atoms with E-state index in [9.17, 15) is 0 Å². The average molecular weight is 181 g/mol. The molecule has 1 atom stereocenters. The molecule has 1 aromatic rings. The van der Waals surface area contributed by atoms with E-state index in [4.69, 9.17) is 5.73 Å². The Morgan fingerprint density at radius 3 is 2.42 bits per heavy atom. The molecule has 0 heterocycles. The van der Waals surface area contributed by atoms with Gasteiger partial charge in [0.1, 0.15) is 0 Å². The predicted octanol–water partition coefficient (Wildman–Crippen LogP) is 2.43. The quantitative estimate of drug-likeness (QED) is 0.725. The van der Waals surface area contributed by atoms with E-state index in [-0.39, 0.29) is 6.04 Å². The predicted molar refractivity (Wildman–Crippen MR) is 55.6 cm³/mol.